The van der Waals surface area contributed by atoms with Crippen LogP contribution in [0, 0.1) is 0 Å². The molecule has 2 aliphatic rings. The van der Waals surface area contributed by atoms with E-state index in [-0.39, 0.29) is 16.8 Å². The number of fused-ring (bicyclic) bond motifs is 1. The zero-order chi connectivity index (χ0) is 22.7. The second kappa shape index (κ2) is 9.27. The van der Waals surface area contributed by atoms with Gasteiger partial charge in [-0.3, -0.25) is 4.79 Å². The molecule has 0 aliphatic carbocycles. The number of carbonyl (C=O) groups is 1. The molecule has 0 radical (unpaired) electrons. The van der Waals surface area contributed by atoms with Crippen LogP contribution in [0.25, 0.3) is 22.6 Å². The van der Waals surface area contributed by atoms with Crippen LogP contribution in [0.3, 0.4) is 0 Å². The number of benzene rings is 1. The van der Waals surface area contributed by atoms with Crippen molar-refractivity contribution in [3.05, 3.63) is 58.5 Å². The second-order valence-corrected chi connectivity index (χ2v) is 7.89. The zero-order valence-corrected chi connectivity index (χ0v) is 18.5. The summed E-state index contributed by atoms with van der Waals surface area (Å²) < 4.78 is 17.4. The summed E-state index contributed by atoms with van der Waals surface area (Å²) in [5.41, 5.74) is 1.08. The van der Waals surface area contributed by atoms with Crippen LogP contribution in [0.2, 0.25) is 0 Å². The number of nitrogens with zero attached hydrogens (tertiary/aromatic N) is 4. The van der Waals surface area contributed by atoms with E-state index in [4.69, 9.17) is 14.0 Å². The van der Waals surface area contributed by atoms with Gasteiger partial charge in [0.15, 0.2) is 0 Å². The van der Waals surface area contributed by atoms with Crippen molar-refractivity contribution in [2.45, 2.75) is 12.5 Å². The van der Waals surface area contributed by atoms with Crippen LogP contribution in [0.4, 0.5) is 0 Å². The van der Waals surface area contributed by atoms with E-state index in [1.54, 1.807) is 35.8 Å². The van der Waals surface area contributed by atoms with Gasteiger partial charge in [0.05, 0.1) is 19.8 Å². The number of pyridine rings is 1. The van der Waals surface area contributed by atoms with Crippen LogP contribution in [-0.2, 0) is 4.74 Å². The standard InChI is InChI=1S/C21H21N5O5S/c1-29-13-6-4-12(5-7-13)18-22-20(31-25-18)16(8-9-32-3)26-10-14-17(23-24-19(14)27)15(11-26)21(28)30-2/h4-7,10-11,16H,8-9H2,1-3H3,(H,24,27)/t16-/m0/s1. The fraction of sp³-hybridized carbons (Fsp3) is 0.286. The molecule has 1 atom stereocenters. The molecule has 2 aromatic rings. The molecule has 10 nitrogen and oxygen atoms in total. The van der Waals surface area contributed by atoms with E-state index >= 15 is 0 Å². The van der Waals surface area contributed by atoms with E-state index in [0.717, 1.165) is 17.1 Å². The molecule has 1 aromatic carbocycles. The van der Waals surface area contributed by atoms with Gasteiger partial charge in [-0.25, -0.2) is 9.89 Å². The maximum Gasteiger partial charge on any atom is 0.341 e. The highest BCUT2D eigenvalue weighted by molar-refractivity contribution is 7.98. The first kappa shape index (κ1) is 21.6. The van der Waals surface area contributed by atoms with Gasteiger partial charge in [-0.1, -0.05) is 5.16 Å². The summed E-state index contributed by atoms with van der Waals surface area (Å²) >= 11 is 1.66. The van der Waals surface area contributed by atoms with Gasteiger partial charge < -0.3 is 18.6 Å². The van der Waals surface area contributed by atoms with E-state index in [2.05, 4.69) is 20.3 Å². The lowest BCUT2D eigenvalue weighted by atomic mass is 10.1. The van der Waals surface area contributed by atoms with Crippen molar-refractivity contribution < 1.29 is 18.8 Å². The third kappa shape index (κ3) is 4.11. The molecule has 0 bridgehead atoms. The number of carbonyl (C=O) groups excluding carboxylic acids is 1. The first-order valence-corrected chi connectivity index (χ1v) is 11.1. The molecule has 0 fully saturated rings. The molecule has 0 amide bonds. The van der Waals surface area contributed by atoms with Crippen molar-refractivity contribution in [3.63, 3.8) is 0 Å². The number of aromatic amines is 1. The summed E-state index contributed by atoms with van der Waals surface area (Å²) in [6.45, 7) is 0. The van der Waals surface area contributed by atoms with E-state index in [9.17, 15) is 9.59 Å². The highest BCUT2D eigenvalue weighted by atomic mass is 32.2. The first-order chi connectivity index (χ1) is 15.5. The van der Waals surface area contributed by atoms with Crippen molar-refractivity contribution in [1.82, 2.24) is 24.9 Å². The van der Waals surface area contributed by atoms with Gasteiger partial charge in [0.2, 0.25) is 11.7 Å². The number of rotatable bonds is 8. The average Bonchev–Trinajstić information content (AvgIpc) is 3.46. The molecular formula is C21H21N5O5S. The Morgan fingerprint density at radius 2 is 2.03 bits per heavy atom. The second-order valence-electron chi connectivity index (χ2n) is 6.91. The Labute approximate surface area is 187 Å². The molecule has 0 unspecified atom stereocenters. The summed E-state index contributed by atoms with van der Waals surface area (Å²) in [6.07, 6.45) is 5.86. The lowest BCUT2D eigenvalue weighted by molar-refractivity contribution is 0.0600. The number of methoxy groups -OCH3 is 2. The minimum atomic E-state index is -0.594. The number of thioether (sulfide) groups is 1. The Kier molecular flexibility index (Phi) is 6.26. The zero-order valence-electron chi connectivity index (χ0n) is 17.7. The lowest BCUT2D eigenvalue weighted by Gasteiger charge is -2.19. The highest BCUT2D eigenvalue weighted by Gasteiger charge is 2.27. The largest absolute Gasteiger partial charge is 0.497 e. The summed E-state index contributed by atoms with van der Waals surface area (Å²) in [5, 5.41) is 10.5. The molecule has 166 valence electrons. The summed E-state index contributed by atoms with van der Waals surface area (Å²) in [5.74, 6) is 1.71. The Hall–Kier alpha value is -3.60. The Morgan fingerprint density at radius 3 is 2.72 bits per heavy atom. The number of hydrogen-bond acceptors (Lipinski definition) is 9. The molecule has 0 saturated heterocycles. The summed E-state index contributed by atoms with van der Waals surface area (Å²) in [4.78, 5) is 29.2. The number of H-pyrrole nitrogens is 1. The smallest absolute Gasteiger partial charge is 0.341 e. The third-order valence-electron chi connectivity index (χ3n) is 5.02. The molecule has 1 aromatic heterocycles. The van der Waals surface area contributed by atoms with Gasteiger partial charge >= 0.3 is 5.97 Å². The molecule has 0 spiro atoms. The van der Waals surface area contributed by atoms with Crippen molar-refractivity contribution in [1.29, 1.82) is 0 Å². The fourth-order valence-corrected chi connectivity index (χ4v) is 3.81. The molecule has 11 heteroatoms. The van der Waals surface area contributed by atoms with Gasteiger partial charge in [0, 0.05) is 18.0 Å². The SMILES string of the molecule is COC(=O)c1cn([C@@H](CCSC)c2nc(-c3ccc(OC)cc3)no2)cc2c(=O)[nH]nc1-2. The topological polar surface area (TPSA) is 125 Å². The Balaban J connectivity index is 1.78. The molecule has 4 rings (SSSR count). The van der Waals surface area contributed by atoms with Crippen LogP contribution >= 0.6 is 11.8 Å². The van der Waals surface area contributed by atoms with Crippen LogP contribution in [0.5, 0.6) is 5.75 Å². The van der Waals surface area contributed by atoms with Crippen molar-refractivity contribution >= 4 is 17.7 Å². The van der Waals surface area contributed by atoms with Crippen molar-refractivity contribution in [3.8, 4) is 28.4 Å². The van der Waals surface area contributed by atoms with Crippen molar-refractivity contribution in [2.75, 3.05) is 26.2 Å². The van der Waals surface area contributed by atoms with Gasteiger partial charge in [0.25, 0.3) is 5.56 Å². The predicted molar refractivity (Wildman–Crippen MR) is 118 cm³/mol. The van der Waals surface area contributed by atoms with Gasteiger partial charge in [0.1, 0.15) is 23.0 Å². The van der Waals surface area contributed by atoms with Crippen LogP contribution < -0.4 is 10.3 Å². The number of nitrogens with one attached hydrogen (secondary N) is 1. The molecule has 3 heterocycles. The quantitative estimate of drug-likeness (QED) is 0.399. The lowest BCUT2D eigenvalue weighted by Crippen LogP contribution is -2.17. The van der Waals surface area contributed by atoms with Gasteiger partial charge in [-0.15, -0.1) is 0 Å². The highest BCUT2D eigenvalue weighted by Crippen LogP contribution is 2.29. The maximum absolute atomic E-state index is 12.3. The minimum absolute atomic E-state index is 0.174. The van der Waals surface area contributed by atoms with E-state index in [0.29, 0.717) is 18.1 Å². The fourth-order valence-electron chi connectivity index (χ4n) is 3.35. The minimum Gasteiger partial charge on any atom is -0.497 e. The summed E-state index contributed by atoms with van der Waals surface area (Å²) in [6, 6.07) is 6.92. The van der Waals surface area contributed by atoms with Gasteiger partial charge in [-0.05, 0) is 42.7 Å². The number of hydrogen-bond donors (Lipinski definition) is 1. The Morgan fingerprint density at radius 1 is 1.25 bits per heavy atom. The number of aromatic nitrogens is 5. The monoisotopic (exact) mass is 455 g/mol. The van der Waals surface area contributed by atoms with Crippen LogP contribution in [0.1, 0.15) is 28.7 Å². The van der Waals surface area contributed by atoms with E-state index in [1.807, 2.05) is 30.5 Å². The average molecular weight is 455 g/mol. The van der Waals surface area contributed by atoms with E-state index in [1.165, 1.54) is 7.11 Å². The number of esters is 1. The first-order valence-electron chi connectivity index (χ1n) is 9.70. The number of ether oxygens (including phenoxy) is 2. The molecular weight excluding hydrogens is 434 g/mol. The van der Waals surface area contributed by atoms with Crippen LogP contribution in [-0.4, -0.2) is 57.1 Å². The third-order valence-corrected chi connectivity index (χ3v) is 5.66. The van der Waals surface area contributed by atoms with E-state index < -0.39 is 17.6 Å². The van der Waals surface area contributed by atoms with Gasteiger partial charge in [-0.2, -0.15) is 21.8 Å². The Bertz CT molecular complexity index is 1250. The normalized spacial score (nSPS) is 12.1. The molecule has 32 heavy (non-hydrogen) atoms. The predicted octanol–water partition coefficient (Wildman–Crippen LogP) is 2.86. The van der Waals surface area contributed by atoms with Crippen LogP contribution in [0.15, 0.2) is 46.0 Å². The van der Waals surface area contributed by atoms with Crippen molar-refractivity contribution in [2.24, 2.45) is 0 Å². The maximum atomic E-state index is 12.3. The molecule has 0 saturated carbocycles. The molecule has 2 aliphatic heterocycles. The summed E-state index contributed by atoms with van der Waals surface area (Å²) in [7, 11) is 2.88. The molecule has 1 N–H and O–H groups in total.